The van der Waals surface area contributed by atoms with Crippen molar-refractivity contribution in [3.63, 3.8) is 0 Å². The average Bonchev–Trinajstić information content (AvgIpc) is 2.44. The van der Waals surface area contributed by atoms with Crippen molar-refractivity contribution in [3.8, 4) is 0 Å². The SMILES string of the molecule is CCC1CCC(CNCc2cccc(Cl)c2Cl)CC1. The Balaban J connectivity index is 1.74. The van der Waals surface area contributed by atoms with E-state index in [-0.39, 0.29) is 0 Å². The van der Waals surface area contributed by atoms with Gasteiger partial charge in [0.05, 0.1) is 10.0 Å². The van der Waals surface area contributed by atoms with Crippen LogP contribution < -0.4 is 5.32 Å². The molecule has 0 radical (unpaired) electrons. The van der Waals surface area contributed by atoms with Gasteiger partial charge in [0.25, 0.3) is 0 Å². The molecule has 1 aliphatic carbocycles. The second-order valence-electron chi connectivity index (χ2n) is 5.64. The molecule has 2 rings (SSSR count). The first-order valence-electron chi connectivity index (χ1n) is 7.34. The molecule has 0 unspecified atom stereocenters. The summed E-state index contributed by atoms with van der Waals surface area (Å²) in [6, 6.07) is 5.83. The van der Waals surface area contributed by atoms with Gasteiger partial charge in [-0.25, -0.2) is 0 Å². The first-order valence-corrected chi connectivity index (χ1v) is 8.10. The summed E-state index contributed by atoms with van der Waals surface area (Å²) in [5, 5.41) is 4.86. The Bertz CT molecular complexity index is 398. The summed E-state index contributed by atoms with van der Waals surface area (Å²) in [5.41, 5.74) is 1.09. The van der Waals surface area contributed by atoms with Gasteiger partial charge in [-0.1, -0.05) is 61.5 Å². The maximum absolute atomic E-state index is 6.18. The van der Waals surface area contributed by atoms with Crippen molar-refractivity contribution in [2.75, 3.05) is 6.54 Å². The third-order valence-electron chi connectivity index (χ3n) is 4.32. The van der Waals surface area contributed by atoms with E-state index in [0.717, 1.165) is 30.5 Å². The molecule has 1 aliphatic rings. The van der Waals surface area contributed by atoms with Crippen molar-refractivity contribution in [2.45, 2.75) is 45.6 Å². The third kappa shape index (κ3) is 4.37. The molecular formula is C16H23Cl2N. The molecule has 1 nitrogen and oxygen atoms in total. The lowest BCUT2D eigenvalue weighted by Gasteiger charge is -2.28. The topological polar surface area (TPSA) is 12.0 Å². The van der Waals surface area contributed by atoms with E-state index in [1.54, 1.807) is 0 Å². The Hall–Kier alpha value is -0.240. The van der Waals surface area contributed by atoms with Crippen LogP contribution in [0.25, 0.3) is 0 Å². The monoisotopic (exact) mass is 299 g/mol. The second kappa shape index (κ2) is 7.52. The van der Waals surface area contributed by atoms with Gasteiger partial charge in [0, 0.05) is 6.54 Å². The van der Waals surface area contributed by atoms with Gasteiger partial charge in [0.1, 0.15) is 0 Å². The lowest BCUT2D eigenvalue weighted by Crippen LogP contribution is -2.26. The molecule has 106 valence electrons. The fourth-order valence-corrected chi connectivity index (χ4v) is 3.33. The van der Waals surface area contributed by atoms with Crippen LogP contribution in [0, 0.1) is 11.8 Å². The van der Waals surface area contributed by atoms with Crippen molar-refractivity contribution < 1.29 is 0 Å². The number of hydrogen-bond acceptors (Lipinski definition) is 1. The van der Waals surface area contributed by atoms with Crippen LogP contribution >= 0.6 is 23.2 Å². The molecule has 0 atom stereocenters. The number of rotatable bonds is 5. The smallest absolute Gasteiger partial charge is 0.0637 e. The Morgan fingerprint density at radius 1 is 1.11 bits per heavy atom. The zero-order valence-corrected chi connectivity index (χ0v) is 13.1. The predicted octanol–water partition coefficient (Wildman–Crippen LogP) is 5.30. The normalized spacial score (nSPS) is 23.5. The Labute approximate surface area is 126 Å². The van der Waals surface area contributed by atoms with E-state index in [2.05, 4.69) is 12.2 Å². The predicted molar refractivity (Wildman–Crippen MR) is 83.9 cm³/mol. The molecule has 1 aromatic carbocycles. The summed E-state index contributed by atoms with van der Waals surface area (Å²) in [6.45, 7) is 4.22. The highest BCUT2D eigenvalue weighted by Gasteiger charge is 2.19. The largest absolute Gasteiger partial charge is 0.312 e. The number of halogens is 2. The minimum Gasteiger partial charge on any atom is -0.312 e. The van der Waals surface area contributed by atoms with E-state index < -0.39 is 0 Å². The summed E-state index contributed by atoms with van der Waals surface area (Å²) in [4.78, 5) is 0. The number of benzene rings is 1. The summed E-state index contributed by atoms with van der Waals surface area (Å²) in [7, 11) is 0. The quantitative estimate of drug-likeness (QED) is 0.778. The zero-order valence-electron chi connectivity index (χ0n) is 11.6. The van der Waals surface area contributed by atoms with Crippen molar-refractivity contribution in [3.05, 3.63) is 33.8 Å². The van der Waals surface area contributed by atoms with E-state index in [0.29, 0.717) is 10.0 Å². The van der Waals surface area contributed by atoms with Crippen LogP contribution in [0.2, 0.25) is 10.0 Å². The van der Waals surface area contributed by atoms with Gasteiger partial charge in [0.2, 0.25) is 0 Å². The van der Waals surface area contributed by atoms with E-state index in [9.17, 15) is 0 Å². The highest BCUT2D eigenvalue weighted by atomic mass is 35.5. The molecule has 19 heavy (non-hydrogen) atoms. The minimum atomic E-state index is 0.643. The first kappa shape index (κ1) is 15.2. The van der Waals surface area contributed by atoms with Gasteiger partial charge in [-0.2, -0.15) is 0 Å². The van der Waals surface area contributed by atoms with Crippen LogP contribution in [0.15, 0.2) is 18.2 Å². The highest BCUT2D eigenvalue weighted by molar-refractivity contribution is 6.42. The highest BCUT2D eigenvalue weighted by Crippen LogP contribution is 2.30. The van der Waals surface area contributed by atoms with Crippen LogP contribution in [0.3, 0.4) is 0 Å². The zero-order chi connectivity index (χ0) is 13.7. The van der Waals surface area contributed by atoms with Crippen LogP contribution in [-0.4, -0.2) is 6.54 Å². The van der Waals surface area contributed by atoms with Gasteiger partial charge < -0.3 is 5.32 Å². The molecule has 0 spiro atoms. The van der Waals surface area contributed by atoms with Gasteiger partial charge >= 0.3 is 0 Å². The van der Waals surface area contributed by atoms with Gasteiger partial charge in [-0.05, 0) is 42.9 Å². The van der Waals surface area contributed by atoms with Gasteiger partial charge in [-0.15, -0.1) is 0 Å². The third-order valence-corrected chi connectivity index (χ3v) is 5.18. The molecule has 0 saturated heterocycles. The van der Waals surface area contributed by atoms with Crippen LogP contribution in [0.1, 0.15) is 44.6 Å². The van der Waals surface area contributed by atoms with Crippen molar-refractivity contribution >= 4 is 23.2 Å². The minimum absolute atomic E-state index is 0.643. The summed E-state index contributed by atoms with van der Waals surface area (Å²) < 4.78 is 0. The summed E-state index contributed by atoms with van der Waals surface area (Å²) in [5.74, 6) is 1.80. The molecule has 0 amide bonds. The molecule has 1 aromatic rings. The molecule has 1 N–H and O–H groups in total. The number of hydrogen-bond donors (Lipinski definition) is 1. The summed E-state index contributed by atoms with van der Waals surface area (Å²) in [6.07, 6.45) is 6.89. The van der Waals surface area contributed by atoms with Gasteiger partial charge in [-0.3, -0.25) is 0 Å². The van der Waals surface area contributed by atoms with E-state index in [1.165, 1.54) is 32.1 Å². The average molecular weight is 300 g/mol. The van der Waals surface area contributed by atoms with E-state index in [1.807, 2.05) is 18.2 Å². The van der Waals surface area contributed by atoms with Crippen LogP contribution in [0.4, 0.5) is 0 Å². The molecule has 1 fully saturated rings. The van der Waals surface area contributed by atoms with Gasteiger partial charge in [0.15, 0.2) is 0 Å². The standard InChI is InChI=1S/C16H23Cl2N/c1-2-12-6-8-13(9-7-12)10-19-11-14-4-3-5-15(17)16(14)18/h3-5,12-13,19H,2,6-11H2,1H3. The van der Waals surface area contributed by atoms with Crippen molar-refractivity contribution in [1.82, 2.24) is 5.32 Å². The lowest BCUT2D eigenvalue weighted by atomic mass is 9.81. The maximum atomic E-state index is 6.18. The van der Waals surface area contributed by atoms with Crippen molar-refractivity contribution in [1.29, 1.82) is 0 Å². The Kier molecular flexibility index (Phi) is 6.00. The fourth-order valence-electron chi connectivity index (χ4n) is 2.94. The Morgan fingerprint density at radius 3 is 2.47 bits per heavy atom. The van der Waals surface area contributed by atoms with Crippen LogP contribution in [0.5, 0.6) is 0 Å². The fraction of sp³-hybridized carbons (Fsp3) is 0.625. The lowest BCUT2D eigenvalue weighted by molar-refractivity contribution is 0.262. The summed E-state index contributed by atoms with van der Waals surface area (Å²) >= 11 is 12.2. The molecule has 3 heteroatoms. The van der Waals surface area contributed by atoms with Crippen molar-refractivity contribution in [2.24, 2.45) is 11.8 Å². The Morgan fingerprint density at radius 2 is 1.79 bits per heavy atom. The molecule has 1 saturated carbocycles. The number of nitrogens with one attached hydrogen (secondary N) is 1. The molecule has 0 aromatic heterocycles. The molecule has 0 heterocycles. The molecular weight excluding hydrogens is 277 g/mol. The molecule has 0 aliphatic heterocycles. The maximum Gasteiger partial charge on any atom is 0.0637 e. The van der Waals surface area contributed by atoms with E-state index in [4.69, 9.17) is 23.2 Å². The van der Waals surface area contributed by atoms with E-state index >= 15 is 0 Å². The van der Waals surface area contributed by atoms with Crippen LogP contribution in [-0.2, 0) is 6.54 Å². The first-order chi connectivity index (χ1) is 9.20. The second-order valence-corrected chi connectivity index (χ2v) is 6.42. The molecule has 0 bridgehead atoms.